The zero-order valence-electron chi connectivity index (χ0n) is 12.1. The molecule has 0 radical (unpaired) electrons. The molecular weight excluding hydrogens is 279 g/mol. The first-order valence-electron chi connectivity index (χ1n) is 7.52. The van der Waals surface area contributed by atoms with Gasteiger partial charge >= 0.3 is 0 Å². The second-order valence-corrected chi connectivity index (χ2v) is 5.79. The minimum Gasteiger partial charge on any atom is -0.392 e. The van der Waals surface area contributed by atoms with Crippen molar-refractivity contribution < 1.29 is 9.50 Å². The molecular formula is C18H17FN2O. The number of rotatable bonds is 4. The van der Waals surface area contributed by atoms with Gasteiger partial charge in [-0.3, -0.25) is 0 Å². The minimum atomic E-state index is -0.251. The lowest BCUT2D eigenvalue weighted by Crippen LogP contribution is -1.95. The maximum atomic E-state index is 14.6. The molecule has 1 fully saturated rings. The van der Waals surface area contributed by atoms with Gasteiger partial charge in [0.1, 0.15) is 5.82 Å². The first kappa shape index (κ1) is 13.3. The van der Waals surface area contributed by atoms with E-state index in [1.54, 1.807) is 12.3 Å². The van der Waals surface area contributed by atoms with Crippen LogP contribution in [0.1, 0.15) is 29.9 Å². The summed E-state index contributed by atoms with van der Waals surface area (Å²) in [5, 5.41) is 9.48. The van der Waals surface area contributed by atoms with Gasteiger partial charge in [-0.15, -0.1) is 0 Å². The van der Waals surface area contributed by atoms with Gasteiger partial charge < -0.3 is 14.7 Å². The second-order valence-electron chi connectivity index (χ2n) is 5.79. The summed E-state index contributed by atoms with van der Waals surface area (Å²) in [7, 11) is 0. The Balaban J connectivity index is 1.79. The summed E-state index contributed by atoms with van der Waals surface area (Å²) in [6.45, 7) is -0.00853. The van der Waals surface area contributed by atoms with Gasteiger partial charge in [0.25, 0.3) is 0 Å². The molecule has 0 spiro atoms. The van der Waals surface area contributed by atoms with E-state index in [4.69, 9.17) is 0 Å². The third-order valence-corrected chi connectivity index (χ3v) is 4.29. The highest BCUT2D eigenvalue weighted by atomic mass is 19.1. The summed E-state index contributed by atoms with van der Waals surface area (Å²) in [4.78, 5) is 3.15. The number of hydrogen-bond donors (Lipinski definition) is 2. The van der Waals surface area contributed by atoms with Gasteiger partial charge in [0, 0.05) is 29.8 Å². The summed E-state index contributed by atoms with van der Waals surface area (Å²) >= 11 is 0. The van der Waals surface area contributed by atoms with E-state index in [1.807, 2.05) is 41.2 Å². The zero-order valence-corrected chi connectivity index (χ0v) is 12.1. The van der Waals surface area contributed by atoms with Crippen molar-refractivity contribution in [2.45, 2.75) is 25.4 Å². The van der Waals surface area contributed by atoms with E-state index in [1.165, 1.54) is 0 Å². The number of aliphatic hydroxyl groups excluding tert-OH is 1. The third kappa shape index (κ3) is 2.16. The molecule has 3 aromatic rings. The van der Waals surface area contributed by atoms with Crippen LogP contribution in [0.4, 0.5) is 4.39 Å². The average molecular weight is 296 g/mol. The van der Waals surface area contributed by atoms with E-state index in [2.05, 4.69) is 4.98 Å². The van der Waals surface area contributed by atoms with Gasteiger partial charge in [0.05, 0.1) is 12.3 Å². The van der Waals surface area contributed by atoms with Crippen LogP contribution in [0.2, 0.25) is 0 Å². The van der Waals surface area contributed by atoms with Crippen LogP contribution in [0.5, 0.6) is 0 Å². The number of halogens is 1. The molecule has 1 saturated carbocycles. The number of nitrogens with zero attached hydrogens (tertiary/aromatic N) is 1. The highest BCUT2D eigenvalue weighted by Gasteiger charge is 2.30. The van der Waals surface area contributed by atoms with Crippen LogP contribution >= 0.6 is 0 Å². The number of aromatic nitrogens is 2. The summed E-state index contributed by atoms with van der Waals surface area (Å²) < 4.78 is 16.5. The van der Waals surface area contributed by atoms with E-state index in [9.17, 15) is 9.50 Å². The molecule has 22 heavy (non-hydrogen) atoms. The first-order valence-corrected chi connectivity index (χ1v) is 7.52. The van der Waals surface area contributed by atoms with E-state index >= 15 is 0 Å². The number of hydrogen-bond acceptors (Lipinski definition) is 1. The molecule has 2 heterocycles. The summed E-state index contributed by atoms with van der Waals surface area (Å²) in [5.74, 6) is 0.200. The van der Waals surface area contributed by atoms with Crippen molar-refractivity contribution in [3.05, 3.63) is 65.9 Å². The van der Waals surface area contributed by atoms with Crippen LogP contribution < -0.4 is 0 Å². The van der Waals surface area contributed by atoms with E-state index in [-0.39, 0.29) is 12.4 Å². The molecule has 2 N–H and O–H groups in total. The molecule has 0 atom stereocenters. The lowest BCUT2D eigenvalue weighted by atomic mass is 10.0. The fourth-order valence-electron chi connectivity index (χ4n) is 3.04. The number of benzene rings is 1. The van der Waals surface area contributed by atoms with E-state index in [0.717, 1.165) is 35.3 Å². The quantitative estimate of drug-likeness (QED) is 0.751. The highest BCUT2D eigenvalue weighted by Crippen LogP contribution is 2.46. The topological polar surface area (TPSA) is 40.9 Å². The number of nitrogens with one attached hydrogen (secondary N) is 1. The molecule has 1 aliphatic carbocycles. The molecule has 0 bridgehead atoms. The Morgan fingerprint density at radius 3 is 2.64 bits per heavy atom. The van der Waals surface area contributed by atoms with Crippen LogP contribution in [-0.2, 0) is 6.61 Å². The van der Waals surface area contributed by atoms with Crippen molar-refractivity contribution in [1.82, 2.24) is 9.55 Å². The number of aromatic amines is 1. The van der Waals surface area contributed by atoms with Gasteiger partial charge in [0.15, 0.2) is 0 Å². The lowest BCUT2D eigenvalue weighted by Gasteiger charge is -2.09. The Kier molecular flexibility index (Phi) is 3.12. The van der Waals surface area contributed by atoms with Gasteiger partial charge in [0.2, 0.25) is 0 Å². The fourth-order valence-corrected chi connectivity index (χ4v) is 3.04. The van der Waals surface area contributed by atoms with Gasteiger partial charge in [-0.25, -0.2) is 4.39 Å². The SMILES string of the molecule is OCc1c[nH]c(-c2ccc(-n3cccc3)cc2F)c1C1CC1. The van der Waals surface area contributed by atoms with Crippen LogP contribution in [0.25, 0.3) is 16.9 Å². The maximum Gasteiger partial charge on any atom is 0.134 e. The summed E-state index contributed by atoms with van der Waals surface area (Å²) in [6.07, 6.45) is 7.80. The van der Waals surface area contributed by atoms with Crippen LogP contribution in [0.3, 0.4) is 0 Å². The number of H-pyrrole nitrogens is 1. The van der Waals surface area contributed by atoms with Gasteiger partial charge in [-0.1, -0.05) is 0 Å². The van der Waals surface area contributed by atoms with Crippen molar-refractivity contribution in [3.8, 4) is 16.9 Å². The molecule has 4 rings (SSSR count). The molecule has 2 aromatic heterocycles. The standard InChI is InChI=1S/C18H17FN2O/c19-16-9-14(21-7-1-2-8-21)5-6-15(16)18-17(12-3-4-12)13(11-22)10-20-18/h1-2,5-10,12,20,22H,3-4,11H2. The molecule has 3 nitrogen and oxygen atoms in total. The molecule has 112 valence electrons. The van der Waals surface area contributed by atoms with Crippen LogP contribution in [-0.4, -0.2) is 14.7 Å². The molecule has 0 saturated heterocycles. The Bertz CT molecular complexity index is 801. The Morgan fingerprint density at radius 2 is 2.00 bits per heavy atom. The van der Waals surface area contributed by atoms with Crippen LogP contribution in [0.15, 0.2) is 48.9 Å². The maximum absolute atomic E-state index is 14.6. The Hall–Kier alpha value is -2.33. The van der Waals surface area contributed by atoms with E-state index in [0.29, 0.717) is 11.5 Å². The monoisotopic (exact) mass is 296 g/mol. The molecule has 0 amide bonds. The van der Waals surface area contributed by atoms with Crippen molar-refractivity contribution in [1.29, 1.82) is 0 Å². The smallest absolute Gasteiger partial charge is 0.134 e. The fraction of sp³-hybridized carbons (Fsp3) is 0.222. The number of aliphatic hydroxyl groups is 1. The third-order valence-electron chi connectivity index (χ3n) is 4.29. The summed E-state index contributed by atoms with van der Waals surface area (Å²) in [6, 6.07) is 9.09. The molecule has 0 unspecified atom stereocenters. The van der Waals surface area contributed by atoms with Crippen molar-refractivity contribution >= 4 is 0 Å². The zero-order chi connectivity index (χ0) is 15.1. The molecule has 1 aromatic carbocycles. The van der Waals surface area contributed by atoms with Crippen LogP contribution in [0, 0.1) is 5.82 Å². The van der Waals surface area contributed by atoms with Crippen molar-refractivity contribution in [2.75, 3.05) is 0 Å². The molecule has 4 heteroatoms. The highest BCUT2D eigenvalue weighted by molar-refractivity contribution is 5.68. The predicted octanol–water partition coefficient (Wildman–Crippen LogP) is 3.98. The average Bonchev–Trinajstić information content (AvgIpc) is 3.06. The van der Waals surface area contributed by atoms with Gasteiger partial charge in [-0.2, -0.15) is 0 Å². The first-order chi connectivity index (χ1) is 10.8. The predicted molar refractivity (Wildman–Crippen MR) is 83.4 cm³/mol. The minimum absolute atomic E-state index is 0.00853. The second kappa shape index (κ2) is 5.14. The molecule has 0 aliphatic heterocycles. The Morgan fingerprint density at radius 1 is 1.23 bits per heavy atom. The molecule has 1 aliphatic rings. The van der Waals surface area contributed by atoms with Crippen molar-refractivity contribution in [3.63, 3.8) is 0 Å². The largest absolute Gasteiger partial charge is 0.392 e. The lowest BCUT2D eigenvalue weighted by molar-refractivity contribution is 0.281. The Labute approximate surface area is 128 Å². The van der Waals surface area contributed by atoms with Crippen molar-refractivity contribution in [2.24, 2.45) is 0 Å². The van der Waals surface area contributed by atoms with Gasteiger partial charge in [-0.05, 0) is 60.2 Å². The normalized spacial score (nSPS) is 14.5. The summed E-state index contributed by atoms with van der Waals surface area (Å²) in [5.41, 5.74) is 4.13. The van der Waals surface area contributed by atoms with E-state index < -0.39 is 0 Å².